The van der Waals surface area contributed by atoms with Crippen molar-refractivity contribution in [2.24, 2.45) is 0 Å². The van der Waals surface area contributed by atoms with Crippen molar-refractivity contribution in [2.75, 3.05) is 6.26 Å². The summed E-state index contributed by atoms with van der Waals surface area (Å²) in [5, 5.41) is 11.8. The molecule has 0 bridgehead atoms. The summed E-state index contributed by atoms with van der Waals surface area (Å²) < 4.78 is 40.1. The molecule has 0 saturated carbocycles. The number of para-hydroxylation sites is 1. The number of halogens is 1. The van der Waals surface area contributed by atoms with Crippen LogP contribution in [0.4, 0.5) is 4.39 Å². The van der Waals surface area contributed by atoms with Gasteiger partial charge in [-0.25, -0.2) is 12.8 Å². The SMILES string of the molecule is CS(=O)(=O)c1sc(-n2ccc3ccccc32)c2c1[C@@H](O)[C@@H](F)C2. The van der Waals surface area contributed by atoms with Gasteiger partial charge in [-0.3, -0.25) is 0 Å². The van der Waals surface area contributed by atoms with Crippen molar-refractivity contribution < 1.29 is 17.9 Å². The van der Waals surface area contributed by atoms with Crippen LogP contribution in [0.15, 0.2) is 40.7 Å². The Morgan fingerprint density at radius 3 is 2.78 bits per heavy atom. The minimum Gasteiger partial charge on any atom is -0.385 e. The third kappa shape index (κ3) is 2.14. The molecule has 2 atom stereocenters. The van der Waals surface area contributed by atoms with Gasteiger partial charge >= 0.3 is 0 Å². The van der Waals surface area contributed by atoms with Gasteiger partial charge < -0.3 is 9.67 Å². The molecule has 0 radical (unpaired) electrons. The minimum absolute atomic E-state index is 0.0321. The fourth-order valence-electron chi connectivity index (χ4n) is 3.16. The topological polar surface area (TPSA) is 59.3 Å². The number of hydrogen-bond donors (Lipinski definition) is 1. The van der Waals surface area contributed by atoms with Crippen LogP contribution in [0.1, 0.15) is 17.2 Å². The molecule has 0 saturated heterocycles. The van der Waals surface area contributed by atoms with Crippen molar-refractivity contribution in [1.82, 2.24) is 4.57 Å². The number of sulfone groups is 1. The number of benzene rings is 1. The Bertz CT molecular complexity index is 1020. The fraction of sp³-hybridized carbons (Fsp3) is 0.250. The monoisotopic (exact) mass is 351 g/mol. The number of aromatic nitrogens is 1. The maximum atomic E-state index is 14.0. The first-order valence-corrected chi connectivity index (χ1v) is 9.83. The normalized spacial score (nSPS) is 21.0. The molecule has 2 aromatic heterocycles. The van der Waals surface area contributed by atoms with Crippen molar-refractivity contribution in [3.63, 3.8) is 0 Å². The van der Waals surface area contributed by atoms with E-state index in [9.17, 15) is 17.9 Å². The Kier molecular flexibility index (Phi) is 3.16. The quantitative estimate of drug-likeness (QED) is 0.772. The number of nitrogens with zero attached hydrogens (tertiary/aromatic N) is 1. The number of fused-ring (bicyclic) bond motifs is 2. The van der Waals surface area contributed by atoms with Crippen molar-refractivity contribution in [1.29, 1.82) is 0 Å². The number of aliphatic hydroxyl groups is 1. The number of rotatable bonds is 2. The van der Waals surface area contributed by atoms with Gasteiger partial charge in [-0.15, -0.1) is 11.3 Å². The average Bonchev–Trinajstić information content (AvgIpc) is 3.13. The molecule has 23 heavy (non-hydrogen) atoms. The first kappa shape index (κ1) is 14.9. The third-order valence-electron chi connectivity index (χ3n) is 4.19. The number of thiophene rings is 1. The van der Waals surface area contributed by atoms with Crippen LogP contribution in [0.3, 0.4) is 0 Å². The van der Waals surface area contributed by atoms with E-state index < -0.39 is 22.1 Å². The molecule has 7 heteroatoms. The highest BCUT2D eigenvalue weighted by Gasteiger charge is 2.40. The lowest BCUT2D eigenvalue weighted by Crippen LogP contribution is -2.09. The molecular formula is C16H14FNO3S2. The maximum Gasteiger partial charge on any atom is 0.185 e. The van der Waals surface area contributed by atoms with Gasteiger partial charge in [0.25, 0.3) is 0 Å². The van der Waals surface area contributed by atoms with Crippen LogP contribution in [0.5, 0.6) is 0 Å². The van der Waals surface area contributed by atoms with E-state index in [0.29, 0.717) is 10.6 Å². The van der Waals surface area contributed by atoms with Gasteiger partial charge in [0.15, 0.2) is 9.84 Å². The van der Waals surface area contributed by atoms with Crippen LogP contribution in [-0.4, -0.2) is 30.5 Å². The summed E-state index contributed by atoms with van der Waals surface area (Å²) in [6.07, 6.45) is 0.135. The molecule has 0 amide bonds. The summed E-state index contributed by atoms with van der Waals surface area (Å²) in [5.41, 5.74) is 1.75. The van der Waals surface area contributed by atoms with E-state index in [4.69, 9.17) is 0 Å². The molecule has 0 unspecified atom stereocenters. The van der Waals surface area contributed by atoms with Gasteiger partial charge in [-0.1, -0.05) is 18.2 Å². The van der Waals surface area contributed by atoms with Crippen molar-refractivity contribution >= 4 is 32.1 Å². The first-order chi connectivity index (χ1) is 10.9. The summed E-state index contributed by atoms with van der Waals surface area (Å²) in [6.45, 7) is 0. The number of aliphatic hydroxyl groups excluding tert-OH is 1. The van der Waals surface area contributed by atoms with Crippen LogP contribution in [-0.2, 0) is 16.3 Å². The van der Waals surface area contributed by atoms with Crippen LogP contribution in [0.25, 0.3) is 15.9 Å². The molecule has 0 aliphatic heterocycles. The molecule has 3 aromatic rings. The summed E-state index contributed by atoms with van der Waals surface area (Å²) in [7, 11) is -3.53. The van der Waals surface area contributed by atoms with E-state index in [1.807, 2.05) is 41.1 Å². The van der Waals surface area contributed by atoms with Crippen LogP contribution >= 0.6 is 11.3 Å². The van der Waals surface area contributed by atoms with Gasteiger partial charge in [0.05, 0.1) is 5.52 Å². The van der Waals surface area contributed by atoms with Crippen LogP contribution < -0.4 is 0 Å². The number of alkyl halides is 1. The van der Waals surface area contributed by atoms with E-state index >= 15 is 0 Å². The van der Waals surface area contributed by atoms with E-state index in [0.717, 1.165) is 28.5 Å². The molecule has 2 heterocycles. The molecule has 1 aromatic carbocycles. The highest BCUT2D eigenvalue weighted by molar-refractivity contribution is 7.92. The number of hydrogen-bond acceptors (Lipinski definition) is 4. The Labute approximate surface area is 136 Å². The van der Waals surface area contributed by atoms with Gasteiger partial charge in [-0.05, 0) is 23.1 Å². The molecule has 120 valence electrons. The van der Waals surface area contributed by atoms with Crippen LogP contribution in [0.2, 0.25) is 0 Å². The third-order valence-corrected chi connectivity index (χ3v) is 7.28. The highest BCUT2D eigenvalue weighted by atomic mass is 32.2. The Morgan fingerprint density at radius 2 is 2.04 bits per heavy atom. The van der Waals surface area contributed by atoms with Gasteiger partial charge in [0.1, 0.15) is 21.5 Å². The second-order valence-corrected chi connectivity index (χ2v) is 8.98. The molecule has 1 aliphatic carbocycles. The zero-order chi connectivity index (χ0) is 16.4. The second kappa shape index (κ2) is 4.90. The minimum atomic E-state index is -3.53. The van der Waals surface area contributed by atoms with Crippen molar-refractivity contribution in [3.05, 3.63) is 47.7 Å². The summed E-state index contributed by atoms with van der Waals surface area (Å²) >= 11 is 1.10. The largest absolute Gasteiger partial charge is 0.385 e. The average molecular weight is 351 g/mol. The molecule has 0 fully saturated rings. The lowest BCUT2D eigenvalue weighted by atomic mass is 10.2. The zero-order valence-electron chi connectivity index (χ0n) is 12.2. The smallest absolute Gasteiger partial charge is 0.185 e. The maximum absolute atomic E-state index is 14.0. The molecule has 0 spiro atoms. The van der Waals surface area contributed by atoms with E-state index in [1.54, 1.807) is 0 Å². The zero-order valence-corrected chi connectivity index (χ0v) is 13.9. The first-order valence-electron chi connectivity index (χ1n) is 7.12. The highest BCUT2D eigenvalue weighted by Crippen LogP contribution is 2.46. The lowest BCUT2D eigenvalue weighted by Gasteiger charge is -2.07. The molecule has 1 N–H and O–H groups in total. The summed E-state index contributed by atoms with van der Waals surface area (Å²) in [5.74, 6) is 0. The van der Waals surface area contributed by atoms with Crippen molar-refractivity contribution in [3.8, 4) is 5.00 Å². The van der Waals surface area contributed by atoms with Crippen molar-refractivity contribution in [2.45, 2.75) is 22.9 Å². The summed E-state index contributed by atoms with van der Waals surface area (Å²) in [4.78, 5) is 0. The predicted molar refractivity (Wildman–Crippen MR) is 87.8 cm³/mol. The molecule has 1 aliphatic rings. The van der Waals surface area contributed by atoms with E-state index in [1.165, 1.54) is 0 Å². The predicted octanol–water partition coefficient (Wildman–Crippen LogP) is 3.02. The molecule has 4 rings (SSSR count). The molecular weight excluding hydrogens is 337 g/mol. The second-order valence-electron chi connectivity index (χ2n) is 5.77. The van der Waals surface area contributed by atoms with E-state index in [2.05, 4.69) is 0 Å². The van der Waals surface area contributed by atoms with Crippen LogP contribution in [0, 0.1) is 0 Å². The Morgan fingerprint density at radius 1 is 1.30 bits per heavy atom. The van der Waals surface area contributed by atoms with Gasteiger partial charge in [0.2, 0.25) is 0 Å². The standard InChI is InChI=1S/C16H14FNO3S2/c1-23(20,21)16-13-10(8-11(17)14(13)19)15(22-16)18-7-6-9-4-2-3-5-12(9)18/h2-7,11,14,19H,8H2,1H3/t11-,14-/m0/s1. The Hall–Kier alpha value is -1.70. The van der Waals surface area contributed by atoms with Gasteiger partial charge in [-0.2, -0.15) is 0 Å². The fourth-order valence-corrected chi connectivity index (χ4v) is 5.75. The Balaban J connectivity index is 2.03. The lowest BCUT2D eigenvalue weighted by molar-refractivity contribution is 0.0910. The molecule has 4 nitrogen and oxygen atoms in total. The van der Waals surface area contributed by atoms with Gasteiger partial charge in [0, 0.05) is 24.4 Å². The summed E-state index contributed by atoms with van der Waals surface area (Å²) in [6, 6.07) is 9.65. The van der Waals surface area contributed by atoms with E-state index in [-0.39, 0.29) is 16.2 Å².